The van der Waals surface area contributed by atoms with Crippen LogP contribution in [0.3, 0.4) is 0 Å². The van der Waals surface area contributed by atoms with Crippen LogP contribution in [-0.4, -0.2) is 54.3 Å². The number of amides is 3. The molecule has 10 heteroatoms. The number of benzene rings is 3. The van der Waals surface area contributed by atoms with Crippen LogP contribution in [0.15, 0.2) is 65.6 Å². The molecule has 2 heterocycles. The molecule has 0 radical (unpaired) electrons. The summed E-state index contributed by atoms with van der Waals surface area (Å²) in [5.74, 6) is 0.173. The van der Waals surface area contributed by atoms with Crippen LogP contribution in [0.2, 0.25) is 0 Å². The van der Waals surface area contributed by atoms with Crippen molar-refractivity contribution in [2.24, 2.45) is 0 Å². The van der Waals surface area contributed by atoms with E-state index in [4.69, 9.17) is 21.7 Å². The molecular formula is C31H29N3O5S2. The van der Waals surface area contributed by atoms with E-state index in [1.54, 1.807) is 32.4 Å². The molecule has 8 nitrogen and oxygen atoms in total. The van der Waals surface area contributed by atoms with Crippen LogP contribution in [-0.2, 0) is 20.8 Å². The molecule has 0 unspecified atom stereocenters. The molecule has 0 aliphatic carbocycles. The molecule has 1 N–H and O–H groups in total. The highest BCUT2D eigenvalue weighted by Crippen LogP contribution is 2.44. The van der Waals surface area contributed by atoms with Crippen molar-refractivity contribution >= 4 is 63.0 Å². The first-order valence-electron chi connectivity index (χ1n) is 13.0. The summed E-state index contributed by atoms with van der Waals surface area (Å²) < 4.78 is 11.1. The quantitative estimate of drug-likeness (QED) is 0.289. The number of methoxy groups -OCH3 is 2. The minimum Gasteiger partial charge on any atom is -0.493 e. The average molecular weight is 588 g/mol. The van der Waals surface area contributed by atoms with Crippen LogP contribution < -0.4 is 19.7 Å². The zero-order valence-corrected chi connectivity index (χ0v) is 24.8. The standard InChI is InChI=1S/C31H29N3O5S2/c1-18-9-11-21(15-19(18)2)32-26(35)17-34-23-8-6-5-7-22(23)27(29(34)36)28-30(37)33(31(40)41-28)14-13-20-10-12-24(38-3)25(16-20)39-4/h5-12,15-16H,13-14,17H2,1-4H3,(H,32,35). The minimum atomic E-state index is -0.401. The molecule has 41 heavy (non-hydrogen) atoms. The number of fused-ring (bicyclic) bond motifs is 1. The van der Waals surface area contributed by atoms with Gasteiger partial charge in [0.05, 0.1) is 30.4 Å². The van der Waals surface area contributed by atoms with E-state index in [1.807, 2.05) is 56.3 Å². The first-order chi connectivity index (χ1) is 19.7. The van der Waals surface area contributed by atoms with Gasteiger partial charge >= 0.3 is 0 Å². The molecule has 0 aromatic heterocycles. The molecule has 210 valence electrons. The SMILES string of the molecule is COc1ccc(CCN2C(=O)C(=C3C(=O)N(CC(=O)Nc4ccc(C)c(C)c4)c4ccccc43)SC2=S)cc1OC. The Kier molecular flexibility index (Phi) is 8.14. The Balaban J connectivity index is 1.36. The molecule has 3 aromatic rings. The maximum absolute atomic E-state index is 13.7. The first-order valence-corrected chi connectivity index (χ1v) is 14.2. The van der Waals surface area contributed by atoms with Crippen LogP contribution >= 0.6 is 24.0 Å². The Bertz CT molecular complexity index is 1620. The molecule has 2 aliphatic rings. The second kappa shape index (κ2) is 11.8. The number of ether oxygens (including phenoxy) is 2. The molecule has 0 saturated carbocycles. The predicted molar refractivity (Wildman–Crippen MR) is 165 cm³/mol. The maximum Gasteiger partial charge on any atom is 0.267 e. The van der Waals surface area contributed by atoms with Crippen molar-refractivity contribution in [3.05, 3.63) is 87.8 Å². The van der Waals surface area contributed by atoms with Gasteiger partial charge in [0.1, 0.15) is 10.9 Å². The topological polar surface area (TPSA) is 88.2 Å². The highest BCUT2D eigenvalue weighted by atomic mass is 32.2. The number of carbonyl (C=O) groups excluding carboxylic acids is 3. The zero-order chi connectivity index (χ0) is 29.3. The molecule has 3 aromatic carbocycles. The summed E-state index contributed by atoms with van der Waals surface area (Å²) in [6.07, 6.45) is 0.532. The molecule has 2 aliphatic heterocycles. The van der Waals surface area contributed by atoms with Gasteiger partial charge in [-0.3, -0.25) is 24.2 Å². The van der Waals surface area contributed by atoms with Crippen molar-refractivity contribution in [3.63, 3.8) is 0 Å². The smallest absolute Gasteiger partial charge is 0.267 e. The molecule has 5 rings (SSSR count). The van der Waals surface area contributed by atoms with E-state index in [0.29, 0.717) is 45.7 Å². The average Bonchev–Trinajstić information content (AvgIpc) is 3.40. The highest BCUT2D eigenvalue weighted by Gasteiger charge is 2.42. The van der Waals surface area contributed by atoms with Crippen molar-refractivity contribution in [2.45, 2.75) is 20.3 Å². The summed E-state index contributed by atoms with van der Waals surface area (Å²) in [5, 5.41) is 2.88. The lowest BCUT2D eigenvalue weighted by Crippen LogP contribution is -2.35. The second-order valence-corrected chi connectivity index (χ2v) is 11.4. The van der Waals surface area contributed by atoms with E-state index in [1.165, 1.54) is 9.80 Å². The number of rotatable bonds is 8. The summed E-state index contributed by atoms with van der Waals surface area (Å²) >= 11 is 6.68. The summed E-state index contributed by atoms with van der Waals surface area (Å²) in [5.41, 5.74) is 5.25. The molecule has 0 spiro atoms. The number of anilines is 2. The van der Waals surface area contributed by atoms with Crippen LogP contribution in [0, 0.1) is 13.8 Å². The Morgan fingerprint density at radius 1 is 0.902 bits per heavy atom. The summed E-state index contributed by atoms with van der Waals surface area (Å²) in [4.78, 5) is 43.5. The van der Waals surface area contributed by atoms with Gasteiger partial charge in [-0.2, -0.15) is 0 Å². The van der Waals surface area contributed by atoms with E-state index < -0.39 is 5.91 Å². The van der Waals surface area contributed by atoms with Crippen molar-refractivity contribution in [3.8, 4) is 11.5 Å². The number of nitrogens with zero attached hydrogens (tertiary/aromatic N) is 2. The van der Waals surface area contributed by atoms with Crippen molar-refractivity contribution in [1.82, 2.24) is 4.90 Å². The van der Waals surface area contributed by atoms with E-state index in [2.05, 4.69) is 5.32 Å². The fraction of sp³-hybridized carbons (Fsp3) is 0.226. The number of hydrogen-bond donors (Lipinski definition) is 1. The van der Waals surface area contributed by atoms with Crippen LogP contribution in [0.1, 0.15) is 22.3 Å². The third-order valence-corrected chi connectivity index (χ3v) is 8.61. The van der Waals surface area contributed by atoms with Gasteiger partial charge in [0.15, 0.2) is 11.5 Å². The van der Waals surface area contributed by atoms with Gasteiger partial charge in [-0.15, -0.1) is 0 Å². The zero-order valence-electron chi connectivity index (χ0n) is 23.1. The van der Waals surface area contributed by atoms with E-state index in [9.17, 15) is 14.4 Å². The van der Waals surface area contributed by atoms with Gasteiger partial charge in [0, 0.05) is 17.8 Å². The maximum atomic E-state index is 13.7. The van der Waals surface area contributed by atoms with E-state index in [-0.39, 0.29) is 28.8 Å². The highest BCUT2D eigenvalue weighted by molar-refractivity contribution is 8.26. The predicted octanol–water partition coefficient (Wildman–Crippen LogP) is 5.12. The van der Waals surface area contributed by atoms with Gasteiger partial charge in [-0.25, -0.2) is 0 Å². The molecule has 1 saturated heterocycles. The lowest BCUT2D eigenvalue weighted by molar-refractivity contribution is -0.122. The molecule has 1 fully saturated rings. The molecular weight excluding hydrogens is 558 g/mol. The van der Waals surface area contributed by atoms with Gasteiger partial charge in [0.2, 0.25) is 5.91 Å². The normalized spacial score (nSPS) is 16.3. The number of thioether (sulfide) groups is 1. The van der Waals surface area contributed by atoms with Crippen LogP contribution in [0.5, 0.6) is 11.5 Å². The Hall–Kier alpha value is -4.15. The Labute approximate surface area is 248 Å². The number of thiocarbonyl (C=S) groups is 1. The van der Waals surface area contributed by atoms with E-state index >= 15 is 0 Å². The minimum absolute atomic E-state index is 0.189. The number of aryl methyl sites for hydroxylation is 2. The summed E-state index contributed by atoms with van der Waals surface area (Å²) in [6.45, 7) is 4.13. The number of para-hydroxylation sites is 1. The lowest BCUT2D eigenvalue weighted by Gasteiger charge is -2.17. The number of hydrogen-bond acceptors (Lipinski definition) is 7. The Morgan fingerprint density at radius 2 is 1.66 bits per heavy atom. The van der Waals surface area contributed by atoms with Gasteiger partial charge < -0.3 is 14.8 Å². The molecule has 0 bridgehead atoms. The monoisotopic (exact) mass is 587 g/mol. The fourth-order valence-corrected chi connectivity index (χ4v) is 6.22. The molecule has 0 atom stereocenters. The van der Waals surface area contributed by atoms with Crippen LogP contribution in [0.4, 0.5) is 11.4 Å². The van der Waals surface area contributed by atoms with Gasteiger partial charge in [-0.1, -0.05) is 54.3 Å². The second-order valence-electron chi connectivity index (χ2n) is 9.72. The van der Waals surface area contributed by atoms with Crippen molar-refractivity contribution < 1.29 is 23.9 Å². The van der Waals surface area contributed by atoms with Gasteiger partial charge in [-0.05, 0) is 67.3 Å². The summed E-state index contributed by atoms with van der Waals surface area (Å²) in [7, 11) is 3.15. The first kappa shape index (κ1) is 28.4. The van der Waals surface area contributed by atoms with Crippen molar-refractivity contribution in [2.75, 3.05) is 37.5 Å². The largest absolute Gasteiger partial charge is 0.493 e. The number of carbonyl (C=O) groups is 3. The summed E-state index contributed by atoms with van der Waals surface area (Å²) in [6, 6.07) is 18.4. The lowest BCUT2D eigenvalue weighted by atomic mass is 10.1. The van der Waals surface area contributed by atoms with Crippen LogP contribution in [0.25, 0.3) is 5.57 Å². The third-order valence-electron chi connectivity index (χ3n) is 7.16. The molecule has 3 amide bonds. The third kappa shape index (κ3) is 5.57. The van der Waals surface area contributed by atoms with E-state index in [0.717, 1.165) is 28.5 Å². The fourth-order valence-electron chi connectivity index (χ4n) is 4.84. The van der Waals surface area contributed by atoms with Gasteiger partial charge in [0.25, 0.3) is 11.8 Å². The number of nitrogens with one attached hydrogen (secondary N) is 1. The van der Waals surface area contributed by atoms with Crippen molar-refractivity contribution in [1.29, 1.82) is 0 Å². The Morgan fingerprint density at radius 3 is 2.39 bits per heavy atom.